The van der Waals surface area contributed by atoms with Crippen molar-refractivity contribution in [1.29, 1.82) is 0 Å². The Morgan fingerprint density at radius 3 is 2.69 bits per heavy atom. The van der Waals surface area contributed by atoms with Crippen molar-refractivity contribution in [1.82, 2.24) is 5.43 Å². The number of halogens is 1. The molecule has 2 rings (SSSR count). The van der Waals surface area contributed by atoms with E-state index in [1.807, 2.05) is 32.0 Å². The summed E-state index contributed by atoms with van der Waals surface area (Å²) in [5.41, 5.74) is 5.04. The van der Waals surface area contributed by atoms with Crippen LogP contribution in [0.5, 0.6) is 17.2 Å². The Morgan fingerprint density at radius 1 is 1.23 bits per heavy atom. The fourth-order valence-corrected chi connectivity index (χ4v) is 2.47. The number of carbonyl (C=O) groups excluding carboxylic acids is 1. The summed E-state index contributed by atoms with van der Waals surface area (Å²) in [6, 6.07) is 8.82. The molecule has 2 N–H and O–H groups in total. The van der Waals surface area contributed by atoms with E-state index in [0.717, 1.165) is 11.1 Å². The molecular formula is C19H21ClN2O4. The van der Waals surface area contributed by atoms with E-state index >= 15 is 0 Å². The summed E-state index contributed by atoms with van der Waals surface area (Å²) in [6.45, 7) is 5.94. The molecule has 6 nitrogen and oxygen atoms in total. The average Bonchev–Trinajstić information content (AvgIpc) is 2.58. The van der Waals surface area contributed by atoms with Gasteiger partial charge in [0, 0.05) is 0 Å². The number of carbonyl (C=O) groups is 1. The number of aryl methyl sites for hydroxylation is 2. The van der Waals surface area contributed by atoms with Crippen molar-refractivity contribution in [2.24, 2.45) is 5.10 Å². The Morgan fingerprint density at radius 2 is 2.00 bits per heavy atom. The summed E-state index contributed by atoms with van der Waals surface area (Å²) >= 11 is 5.94. The van der Waals surface area contributed by atoms with Gasteiger partial charge in [0.05, 0.1) is 17.8 Å². The number of hydrazone groups is 1. The standard InChI is InChI=1S/C19H21ClN2O4/c1-4-25-17-9-14(8-15(20)19(17)24)10-21-22-18(23)11-26-16-6-5-12(2)7-13(16)3/h5-10,24H,4,11H2,1-3H3,(H,22,23)/b21-10-. The summed E-state index contributed by atoms with van der Waals surface area (Å²) in [6.07, 6.45) is 1.41. The monoisotopic (exact) mass is 376 g/mol. The highest BCUT2D eigenvalue weighted by Gasteiger charge is 2.09. The maximum absolute atomic E-state index is 11.8. The molecule has 0 spiro atoms. The number of nitrogens with zero attached hydrogens (tertiary/aromatic N) is 1. The van der Waals surface area contributed by atoms with Crippen LogP contribution < -0.4 is 14.9 Å². The summed E-state index contributed by atoms with van der Waals surface area (Å²) in [5.74, 6) is 0.389. The summed E-state index contributed by atoms with van der Waals surface area (Å²) < 4.78 is 10.8. The molecule has 0 aromatic heterocycles. The highest BCUT2D eigenvalue weighted by Crippen LogP contribution is 2.34. The number of amides is 1. The number of benzene rings is 2. The molecule has 0 unspecified atom stereocenters. The summed E-state index contributed by atoms with van der Waals surface area (Å²) in [4.78, 5) is 11.8. The Labute approximate surface area is 157 Å². The van der Waals surface area contributed by atoms with Crippen LogP contribution in [0.1, 0.15) is 23.6 Å². The van der Waals surface area contributed by atoms with E-state index < -0.39 is 5.91 Å². The molecule has 0 aliphatic rings. The Balaban J connectivity index is 1.92. The van der Waals surface area contributed by atoms with Gasteiger partial charge in [0.25, 0.3) is 5.91 Å². The van der Waals surface area contributed by atoms with Gasteiger partial charge in [-0.15, -0.1) is 0 Å². The minimum absolute atomic E-state index is 0.128. The first-order valence-corrected chi connectivity index (χ1v) is 8.45. The van der Waals surface area contributed by atoms with Gasteiger partial charge in [-0.2, -0.15) is 5.10 Å². The fourth-order valence-electron chi connectivity index (χ4n) is 2.25. The van der Waals surface area contributed by atoms with Crippen LogP contribution in [-0.2, 0) is 4.79 Å². The highest BCUT2D eigenvalue weighted by molar-refractivity contribution is 6.32. The number of hydrogen-bond acceptors (Lipinski definition) is 5. The van der Waals surface area contributed by atoms with Crippen molar-refractivity contribution in [3.8, 4) is 17.2 Å². The molecule has 1 amide bonds. The van der Waals surface area contributed by atoms with Gasteiger partial charge in [-0.3, -0.25) is 4.79 Å². The molecule has 7 heteroatoms. The number of nitrogens with one attached hydrogen (secondary N) is 1. The number of hydrogen-bond donors (Lipinski definition) is 2. The van der Waals surface area contributed by atoms with Crippen LogP contribution in [-0.4, -0.2) is 30.4 Å². The first-order chi connectivity index (χ1) is 12.4. The molecule has 0 radical (unpaired) electrons. The lowest BCUT2D eigenvalue weighted by Crippen LogP contribution is -2.24. The van der Waals surface area contributed by atoms with E-state index in [0.29, 0.717) is 17.9 Å². The first kappa shape index (κ1) is 19.6. The molecular weight excluding hydrogens is 356 g/mol. The minimum atomic E-state index is -0.392. The van der Waals surface area contributed by atoms with Gasteiger partial charge in [0.2, 0.25) is 0 Å². The number of ether oxygens (including phenoxy) is 2. The predicted molar refractivity (Wildman–Crippen MR) is 101 cm³/mol. The van der Waals surface area contributed by atoms with E-state index in [9.17, 15) is 9.90 Å². The van der Waals surface area contributed by atoms with E-state index in [2.05, 4.69) is 10.5 Å². The van der Waals surface area contributed by atoms with E-state index in [-0.39, 0.29) is 23.1 Å². The zero-order chi connectivity index (χ0) is 19.1. The largest absolute Gasteiger partial charge is 0.503 e. The molecule has 0 bridgehead atoms. The molecule has 0 aliphatic carbocycles. The number of rotatable bonds is 7. The smallest absolute Gasteiger partial charge is 0.277 e. The molecule has 0 fully saturated rings. The van der Waals surface area contributed by atoms with Crippen molar-refractivity contribution in [2.45, 2.75) is 20.8 Å². The second-order valence-corrected chi connectivity index (χ2v) is 6.04. The lowest BCUT2D eigenvalue weighted by molar-refractivity contribution is -0.123. The third-order valence-corrected chi connectivity index (χ3v) is 3.73. The van der Waals surface area contributed by atoms with Crippen LogP contribution in [0.15, 0.2) is 35.4 Å². The third-order valence-electron chi connectivity index (χ3n) is 3.44. The lowest BCUT2D eigenvalue weighted by Gasteiger charge is -2.09. The molecule has 2 aromatic carbocycles. The number of phenols is 1. The van der Waals surface area contributed by atoms with Crippen molar-refractivity contribution < 1.29 is 19.4 Å². The quantitative estimate of drug-likeness (QED) is 0.571. The number of phenolic OH excluding ortho intramolecular Hbond substituents is 1. The van der Waals surface area contributed by atoms with E-state index in [1.165, 1.54) is 12.3 Å². The Kier molecular flexibility index (Phi) is 6.86. The Hall–Kier alpha value is -2.73. The van der Waals surface area contributed by atoms with Crippen molar-refractivity contribution >= 4 is 23.7 Å². The molecule has 0 saturated carbocycles. The van der Waals surface area contributed by atoms with Crippen molar-refractivity contribution in [2.75, 3.05) is 13.2 Å². The normalized spacial score (nSPS) is 10.8. The average molecular weight is 377 g/mol. The van der Waals surface area contributed by atoms with Gasteiger partial charge < -0.3 is 14.6 Å². The zero-order valence-corrected chi connectivity index (χ0v) is 15.6. The van der Waals surface area contributed by atoms with Crippen LogP contribution >= 0.6 is 11.6 Å². The topological polar surface area (TPSA) is 80.2 Å². The first-order valence-electron chi connectivity index (χ1n) is 8.08. The predicted octanol–water partition coefficient (Wildman–Crippen LogP) is 3.59. The van der Waals surface area contributed by atoms with Gasteiger partial charge in [0.15, 0.2) is 18.1 Å². The third kappa shape index (κ3) is 5.39. The van der Waals surface area contributed by atoms with Crippen LogP contribution in [0, 0.1) is 13.8 Å². The number of aromatic hydroxyl groups is 1. The van der Waals surface area contributed by atoms with Gasteiger partial charge in [-0.05, 0) is 50.1 Å². The van der Waals surface area contributed by atoms with Crippen molar-refractivity contribution in [3.05, 3.63) is 52.0 Å². The van der Waals surface area contributed by atoms with E-state index in [1.54, 1.807) is 13.0 Å². The molecule has 0 atom stereocenters. The van der Waals surface area contributed by atoms with Gasteiger partial charge >= 0.3 is 0 Å². The summed E-state index contributed by atoms with van der Waals surface area (Å²) in [7, 11) is 0. The van der Waals surface area contributed by atoms with Gasteiger partial charge in [0.1, 0.15) is 5.75 Å². The van der Waals surface area contributed by atoms with Crippen LogP contribution in [0.25, 0.3) is 0 Å². The lowest BCUT2D eigenvalue weighted by atomic mass is 10.1. The molecule has 138 valence electrons. The van der Waals surface area contributed by atoms with Gasteiger partial charge in [-0.25, -0.2) is 5.43 Å². The van der Waals surface area contributed by atoms with E-state index in [4.69, 9.17) is 21.1 Å². The maximum atomic E-state index is 11.8. The maximum Gasteiger partial charge on any atom is 0.277 e. The Bertz CT molecular complexity index is 821. The molecule has 0 aliphatic heterocycles. The van der Waals surface area contributed by atoms with Crippen LogP contribution in [0.4, 0.5) is 0 Å². The highest BCUT2D eigenvalue weighted by atomic mass is 35.5. The second kappa shape index (κ2) is 9.10. The SMILES string of the molecule is CCOc1cc(/C=N\NC(=O)COc2ccc(C)cc2C)cc(Cl)c1O. The zero-order valence-electron chi connectivity index (χ0n) is 14.9. The molecule has 2 aromatic rings. The molecule has 0 saturated heterocycles. The van der Waals surface area contributed by atoms with Crippen molar-refractivity contribution in [3.63, 3.8) is 0 Å². The minimum Gasteiger partial charge on any atom is -0.503 e. The fraction of sp³-hybridized carbons (Fsp3) is 0.263. The van der Waals surface area contributed by atoms with Crippen LogP contribution in [0.2, 0.25) is 5.02 Å². The molecule has 0 heterocycles. The summed E-state index contributed by atoms with van der Waals surface area (Å²) in [5, 5.41) is 13.8. The van der Waals surface area contributed by atoms with Crippen LogP contribution in [0.3, 0.4) is 0 Å². The second-order valence-electron chi connectivity index (χ2n) is 5.63. The molecule has 26 heavy (non-hydrogen) atoms. The van der Waals surface area contributed by atoms with Gasteiger partial charge in [-0.1, -0.05) is 29.3 Å².